The molecule has 2 fully saturated rings. The lowest BCUT2D eigenvalue weighted by Crippen LogP contribution is -2.54. The summed E-state index contributed by atoms with van der Waals surface area (Å²) in [6.45, 7) is 1.45. The van der Waals surface area contributed by atoms with Gasteiger partial charge in [-0.25, -0.2) is 0 Å². The SMILES string of the molecule is C#CCN1CCN(C2CC2)C(=O)C1=O. The summed E-state index contributed by atoms with van der Waals surface area (Å²) in [7, 11) is 0. The van der Waals surface area contributed by atoms with Crippen molar-refractivity contribution in [2.45, 2.75) is 18.9 Å². The molecular weight excluding hydrogens is 180 g/mol. The molecule has 0 aromatic heterocycles. The van der Waals surface area contributed by atoms with Crippen LogP contribution in [0.2, 0.25) is 0 Å². The first-order chi connectivity index (χ1) is 6.74. The van der Waals surface area contributed by atoms with Gasteiger partial charge in [0.05, 0.1) is 6.54 Å². The largest absolute Gasteiger partial charge is 0.330 e. The van der Waals surface area contributed by atoms with Gasteiger partial charge >= 0.3 is 11.8 Å². The lowest BCUT2D eigenvalue weighted by molar-refractivity contribution is -0.155. The third-order valence-corrected chi connectivity index (χ3v) is 2.61. The van der Waals surface area contributed by atoms with E-state index in [1.807, 2.05) is 0 Å². The van der Waals surface area contributed by atoms with Crippen molar-refractivity contribution in [2.24, 2.45) is 0 Å². The third kappa shape index (κ3) is 1.46. The van der Waals surface area contributed by atoms with Gasteiger partial charge in [0.15, 0.2) is 0 Å². The van der Waals surface area contributed by atoms with Crippen molar-refractivity contribution in [3.63, 3.8) is 0 Å². The highest BCUT2D eigenvalue weighted by atomic mass is 16.2. The molecule has 0 aromatic carbocycles. The molecule has 0 bridgehead atoms. The molecule has 1 saturated heterocycles. The van der Waals surface area contributed by atoms with Gasteiger partial charge in [-0.1, -0.05) is 5.92 Å². The first kappa shape index (κ1) is 9.07. The number of amides is 2. The van der Waals surface area contributed by atoms with Gasteiger partial charge < -0.3 is 9.80 Å². The fraction of sp³-hybridized carbons (Fsp3) is 0.600. The lowest BCUT2D eigenvalue weighted by Gasteiger charge is -2.32. The number of piperazine rings is 1. The number of hydrogen-bond donors (Lipinski definition) is 0. The molecule has 4 heteroatoms. The van der Waals surface area contributed by atoms with Crippen LogP contribution in [0.1, 0.15) is 12.8 Å². The molecule has 0 radical (unpaired) electrons. The number of hydrogen-bond acceptors (Lipinski definition) is 2. The molecule has 2 aliphatic rings. The minimum atomic E-state index is -0.443. The Morgan fingerprint density at radius 2 is 2.00 bits per heavy atom. The standard InChI is InChI=1S/C10H12N2O2/c1-2-5-11-6-7-12(8-3-4-8)10(14)9(11)13/h1,8H,3-7H2. The number of carbonyl (C=O) groups is 2. The van der Waals surface area contributed by atoms with Crippen LogP contribution in [0.25, 0.3) is 0 Å². The van der Waals surface area contributed by atoms with Crippen LogP contribution in [0.3, 0.4) is 0 Å². The molecule has 2 amide bonds. The van der Waals surface area contributed by atoms with E-state index >= 15 is 0 Å². The average Bonchev–Trinajstić information content (AvgIpc) is 2.97. The van der Waals surface area contributed by atoms with E-state index in [1.165, 1.54) is 4.90 Å². The molecule has 0 N–H and O–H groups in total. The van der Waals surface area contributed by atoms with Gasteiger partial charge in [-0.05, 0) is 12.8 Å². The summed E-state index contributed by atoms with van der Waals surface area (Å²) in [4.78, 5) is 26.2. The number of terminal acetylenes is 1. The topological polar surface area (TPSA) is 40.6 Å². The van der Waals surface area contributed by atoms with Crippen molar-refractivity contribution in [1.82, 2.24) is 9.80 Å². The Bertz CT molecular complexity index is 315. The van der Waals surface area contributed by atoms with Crippen molar-refractivity contribution in [2.75, 3.05) is 19.6 Å². The summed E-state index contributed by atoms with van der Waals surface area (Å²) in [5.74, 6) is 1.56. The van der Waals surface area contributed by atoms with Gasteiger partial charge in [0.1, 0.15) is 0 Å². The summed E-state index contributed by atoms with van der Waals surface area (Å²) >= 11 is 0. The fourth-order valence-electron chi connectivity index (χ4n) is 1.69. The van der Waals surface area contributed by atoms with E-state index in [0.717, 1.165) is 12.8 Å². The summed E-state index contributed by atoms with van der Waals surface area (Å²) in [6, 6.07) is 0.319. The average molecular weight is 192 g/mol. The molecule has 1 saturated carbocycles. The van der Waals surface area contributed by atoms with Gasteiger partial charge in [-0.2, -0.15) is 0 Å². The van der Waals surface area contributed by atoms with Crippen LogP contribution in [-0.4, -0.2) is 47.3 Å². The minimum Gasteiger partial charge on any atom is -0.330 e. The Balaban J connectivity index is 2.03. The Morgan fingerprint density at radius 1 is 1.29 bits per heavy atom. The second kappa shape index (κ2) is 3.33. The zero-order valence-electron chi connectivity index (χ0n) is 7.90. The maximum Gasteiger partial charge on any atom is 0.312 e. The van der Waals surface area contributed by atoms with E-state index < -0.39 is 5.91 Å². The first-order valence-corrected chi connectivity index (χ1v) is 4.77. The molecule has 0 spiro atoms. The zero-order chi connectivity index (χ0) is 10.1. The van der Waals surface area contributed by atoms with Gasteiger partial charge in [-0.3, -0.25) is 9.59 Å². The predicted molar refractivity (Wildman–Crippen MR) is 50.1 cm³/mol. The van der Waals surface area contributed by atoms with Crippen LogP contribution in [0.5, 0.6) is 0 Å². The van der Waals surface area contributed by atoms with Crippen molar-refractivity contribution in [3.05, 3.63) is 0 Å². The van der Waals surface area contributed by atoms with Gasteiger partial charge in [0.25, 0.3) is 0 Å². The highest BCUT2D eigenvalue weighted by molar-refractivity contribution is 6.35. The number of nitrogens with zero attached hydrogens (tertiary/aromatic N) is 2. The molecule has 0 aromatic rings. The zero-order valence-corrected chi connectivity index (χ0v) is 7.90. The molecule has 1 heterocycles. The molecule has 0 unspecified atom stereocenters. The van der Waals surface area contributed by atoms with Crippen molar-refractivity contribution in [1.29, 1.82) is 0 Å². The summed E-state index contributed by atoms with van der Waals surface area (Å²) in [5.41, 5.74) is 0. The Morgan fingerprint density at radius 3 is 2.57 bits per heavy atom. The molecule has 4 nitrogen and oxygen atoms in total. The molecule has 74 valence electrons. The molecule has 1 aliphatic heterocycles. The van der Waals surface area contributed by atoms with E-state index in [2.05, 4.69) is 5.92 Å². The Labute approximate surface area is 82.9 Å². The Hall–Kier alpha value is -1.50. The van der Waals surface area contributed by atoms with Crippen LogP contribution >= 0.6 is 0 Å². The van der Waals surface area contributed by atoms with E-state index in [9.17, 15) is 9.59 Å². The molecule has 2 rings (SSSR count). The third-order valence-electron chi connectivity index (χ3n) is 2.61. The van der Waals surface area contributed by atoms with Gasteiger partial charge in [-0.15, -0.1) is 6.42 Å². The summed E-state index contributed by atoms with van der Waals surface area (Å²) in [6.07, 6.45) is 7.18. The lowest BCUT2D eigenvalue weighted by atomic mass is 10.3. The van der Waals surface area contributed by atoms with E-state index in [4.69, 9.17) is 6.42 Å². The van der Waals surface area contributed by atoms with Crippen LogP contribution in [0, 0.1) is 12.3 Å². The number of rotatable bonds is 2. The van der Waals surface area contributed by atoms with Crippen LogP contribution in [-0.2, 0) is 9.59 Å². The minimum absolute atomic E-state index is 0.239. The van der Waals surface area contributed by atoms with Crippen molar-refractivity contribution < 1.29 is 9.59 Å². The second-order valence-corrected chi connectivity index (χ2v) is 3.66. The van der Waals surface area contributed by atoms with E-state index in [0.29, 0.717) is 19.1 Å². The normalized spacial score (nSPS) is 22.5. The van der Waals surface area contributed by atoms with E-state index in [-0.39, 0.29) is 12.5 Å². The quantitative estimate of drug-likeness (QED) is 0.435. The number of carbonyl (C=O) groups excluding carboxylic acids is 2. The highest BCUT2D eigenvalue weighted by Crippen LogP contribution is 2.28. The van der Waals surface area contributed by atoms with Crippen LogP contribution in [0.4, 0.5) is 0 Å². The molecular formula is C10H12N2O2. The van der Waals surface area contributed by atoms with Crippen molar-refractivity contribution in [3.8, 4) is 12.3 Å². The fourth-order valence-corrected chi connectivity index (χ4v) is 1.69. The smallest absolute Gasteiger partial charge is 0.312 e. The molecule has 14 heavy (non-hydrogen) atoms. The molecule has 1 aliphatic carbocycles. The highest BCUT2D eigenvalue weighted by Gasteiger charge is 2.40. The molecule has 0 atom stereocenters. The van der Waals surface area contributed by atoms with E-state index in [1.54, 1.807) is 4.90 Å². The summed E-state index contributed by atoms with van der Waals surface area (Å²) in [5, 5.41) is 0. The maximum atomic E-state index is 11.6. The maximum absolute atomic E-state index is 11.6. The van der Waals surface area contributed by atoms with Gasteiger partial charge in [0.2, 0.25) is 0 Å². The van der Waals surface area contributed by atoms with Crippen molar-refractivity contribution >= 4 is 11.8 Å². The monoisotopic (exact) mass is 192 g/mol. The predicted octanol–water partition coefficient (Wildman–Crippen LogP) is -0.547. The summed E-state index contributed by atoms with van der Waals surface area (Å²) < 4.78 is 0. The second-order valence-electron chi connectivity index (χ2n) is 3.66. The van der Waals surface area contributed by atoms with Crippen LogP contribution in [0.15, 0.2) is 0 Å². The first-order valence-electron chi connectivity index (χ1n) is 4.77. The van der Waals surface area contributed by atoms with Crippen LogP contribution < -0.4 is 0 Å². The van der Waals surface area contributed by atoms with Gasteiger partial charge in [0, 0.05) is 19.1 Å². The Kier molecular flexibility index (Phi) is 2.16.